The Labute approximate surface area is 248 Å². The van der Waals surface area contributed by atoms with Gasteiger partial charge in [-0.25, -0.2) is 13.7 Å². The van der Waals surface area contributed by atoms with Crippen molar-refractivity contribution in [1.82, 2.24) is 0 Å². The fourth-order valence-corrected chi connectivity index (χ4v) is 8.02. The number of sulfone groups is 1. The van der Waals surface area contributed by atoms with Crippen LogP contribution in [0.2, 0.25) is 0 Å². The molecular weight excluding hydrogens is 682 g/mol. The Kier molecular flexibility index (Phi) is 12.5. The van der Waals surface area contributed by atoms with Crippen LogP contribution < -0.4 is 0 Å². The highest BCUT2D eigenvalue weighted by Gasteiger charge is 2.72. The van der Waals surface area contributed by atoms with Gasteiger partial charge in [0.15, 0.2) is 9.84 Å². The third kappa shape index (κ3) is 9.75. The Balaban J connectivity index is 2.63. The second kappa shape index (κ2) is 14.4. The molecule has 0 spiro atoms. The lowest BCUT2D eigenvalue weighted by Gasteiger charge is -2.38. The minimum Gasteiger partial charge on any atom is -0.616 e. The van der Waals surface area contributed by atoms with Gasteiger partial charge < -0.3 is 14.8 Å². The number of aromatic hydroxyl groups is 2. The van der Waals surface area contributed by atoms with E-state index < -0.39 is 112 Å². The van der Waals surface area contributed by atoms with E-state index in [1.807, 2.05) is 0 Å². The lowest BCUT2D eigenvalue weighted by Crippen LogP contribution is -2.54. The van der Waals surface area contributed by atoms with Crippen molar-refractivity contribution >= 4 is 43.2 Å². The summed E-state index contributed by atoms with van der Waals surface area (Å²) in [6.45, 7) is 0. The van der Waals surface area contributed by atoms with E-state index in [1.165, 1.54) is 0 Å². The van der Waals surface area contributed by atoms with E-state index in [0.29, 0.717) is 42.4 Å². The molecule has 0 fully saturated rings. The van der Waals surface area contributed by atoms with Gasteiger partial charge in [0.25, 0.3) is 10.1 Å². The van der Waals surface area contributed by atoms with Crippen LogP contribution in [-0.2, 0) is 57.4 Å². The molecule has 2 aromatic carbocycles. The summed E-state index contributed by atoms with van der Waals surface area (Å²) in [5.74, 6) is -5.92. The van der Waals surface area contributed by atoms with Gasteiger partial charge in [-0.2, -0.15) is 34.8 Å². The molecule has 2 rings (SSSR count). The van der Waals surface area contributed by atoms with E-state index >= 15 is 0 Å². The van der Waals surface area contributed by atoms with Gasteiger partial charge in [-0.15, -0.1) is 4.33 Å². The molecule has 0 aliphatic heterocycles. The van der Waals surface area contributed by atoms with Crippen LogP contribution in [0.1, 0.15) is 28.7 Å². The summed E-state index contributed by atoms with van der Waals surface area (Å²) >= 11 is -1.45. The third-order valence-electron chi connectivity index (χ3n) is 5.90. The molecular formula is C22H24F6O11S4. The smallest absolute Gasteiger partial charge is 0.411 e. The Bertz CT molecular complexity index is 1450. The molecule has 21 heteroatoms. The maximum atomic E-state index is 14.7. The maximum absolute atomic E-state index is 14.7. The zero-order valence-electron chi connectivity index (χ0n) is 21.5. The fraction of sp³-hybridized carbons (Fsp3) is 0.455. The molecule has 244 valence electrons. The van der Waals surface area contributed by atoms with Gasteiger partial charge in [0.1, 0.15) is 23.0 Å². The average Bonchev–Trinajstić information content (AvgIpc) is 2.83. The first-order chi connectivity index (χ1) is 19.6. The Morgan fingerprint density at radius 2 is 1.37 bits per heavy atom. The lowest BCUT2D eigenvalue weighted by atomic mass is 9.72. The zero-order chi connectivity index (χ0) is 32.9. The third-order valence-corrected chi connectivity index (χ3v) is 10.4. The summed E-state index contributed by atoms with van der Waals surface area (Å²) in [7, 11) is -8.97. The summed E-state index contributed by atoms with van der Waals surface area (Å²) < 4.78 is 160. The van der Waals surface area contributed by atoms with Crippen LogP contribution >= 0.6 is 12.0 Å². The molecule has 0 amide bonds. The second-order valence-electron chi connectivity index (χ2n) is 8.92. The quantitative estimate of drug-likeness (QED) is 0.0397. The lowest BCUT2D eigenvalue weighted by molar-refractivity contribution is -0.432. The van der Waals surface area contributed by atoms with Crippen molar-refractivity contribution in [2.24, 2.45) is 0 Å². The summed E-state index contributed by atoms with van der Waals surface area (Å²) in [4.78, 5) is 0. The van der Waals surface area contributed by atoms with Gasteiger partial charge in [-0.05, 0) is 53.0 Å². The normalized spacial score (nSPS) is 14.2. The predicted molar refractivity (Wildman–Crippen MR) is 142 cm³/mol. The number of hydrogen-bond donors (Lipinski definition) is 4. The molecule has 2 aromatic rings. The molecule has 4 N–H and O–H groups in total. The van der Waals surface area contributed by atoms with Crippen LogP contribution in [-0.4, -0.2) is 76.8 Å². The molecule has 0 radical (unpaired) electrons. The van der Waals surface area contributed by atoms with Crippen LogP contribution in [0.3, 0.4) is 0 Å². The van der Waals surface area contributed by atoms with Crippen LogP contribution in [0.25, 0.3) is 0 Å². The SMILES string of the molecule is O=S(=O)(O)CCCS(=O)(=O)Cc1cc(C(c2ccc(O)c(C[S+]([O-])CCSOOO)c2)(C(F)(F)F)C(F)(F)F)ccc1O. The first-order valence-electron chi connectivity index (χ1n) is 11.5. The maximum Gasteiger partial charge on any atom is 0.411 e. The summed E-state index contributed by atoms with van der Waals surface area (Å²) in [6, 6.07) is 2.22. The average molecular weight is 707 g/mol. The molecule has 1 unspecified atom stereocenters. The van der Waals surface area contributed by atoms with Crippen molar-refractivity contribution < 1.29 is 77.1 Å². The Morgan fingerprint density at radius 1 is 0.860 bits per heavy atom. The number of phenols is 2. The molecule has 0 saturated heterocycles. The zero-order valence-corrected chi connectivity index (χ0v) is 24.7. The molecule has 0 saturated carbocycles. The van der Waals surface area contributed by atoms with E-state index in [9.17, 15) is 57.9 Å². The number of alkyl halides is 6. The largest absolute Gasteiger partial charge is 0.616 e. The molecule has 0 aliphatic rings. The predicted octanol–water partition coefficient (Wildman–Crippen LogP) is 4.02. The summed E-state index contributed by atoms with van der Waals surface area (Å²) in [6.07, 6.45) is -12.9. The van der Waals surface area contributed by atoms with Gasteiger partial charge in [0.2, 0.25) is 5.41 Å². The van der Waals surface area contributed by atoms with Crippen LogP contribution in [0.4, 0.5) is 26.3 Å². The highest BCUT2D eigenvalue weighted by atomic mass is 32.2. The van der Waals surface area contributed by atoms with E-state index in [4.69, 9.17) is 9.81 Å². The standard InChI is InChI=1S/C22H24F6O11S4/c23-21(24,25)20(22(26,27)28,16-2-4-18(29)14(10-16)12-41(32)7-6-40-39-38-31)17-3-5-19(30)15(11-17)13-42(33,34)8-1-9-43(35,36)37/h2-5,10-11,29-31H,1,6-9,12-13H2,(H,35,36,37). The van der Waals surface area contributed by atoms with Crippen molar-refractivity contribution in [2.75, 3.05) is 23.0 Å². The number of halogens is 6. The molecule has 0 aromatic heterocycles. The minimum atomic E-state index is -6.14. The fourth-order valence-electron chi connectivity index (χ4n) is 4.05. The number of benzene rings is 2. The Morgan fingerprint density at radius 3 is 1.86 bits per heavy atom. The molecule has 43 heavy (non-hydrogen) atoms. The first kappa shape index (κ1) is 37.2. The molecule has 11 nitrogen and oxygen atoms in total. The second-order valence-corrected chi connectivity index (χ2v) is 15.0. The monoisotopic (exact) mass is 706 g/mol. The highest BCUT2D eigenvalue weighted by Crippen LogP contribution is 2.57. The van der Waals surface area contributed by atoms with Crippen molar-refractivity contribution in [3.05, 3.63) is 58.7 Å². The topological polar surface area (TPSA) is 191 Å². The number of rotatable bonds is 15. The van der Waals surface area contributed by atoms with E-state index in [1.54, 1.807) is 0 Å². The van der Waals surface area contributed by atoms with Gasteiger partial charge in [-0.3, -0.25) is 4.55 Å². The summed E-state index contributed by atoms with van der Waals surface area (Å²) in [5.41, 5.74) is -9.23. The molecule has 0 heterocycles. The van der Waals surface area contributed by atoms with Crippen LogP contribution in [0.15, 0.2) is 36.4 Å². The van der Waals surface area contributed by atoms with Gasteiger partial charge in [-0.1, -0.05) is 17.2 Å². The Hall–Kier alpha value is -1.98. The van der Waals surface area contributed by atoms with Gasteiger partial charge in [0.05, 0.1) is 23.0 Å². The van der Waals surface area contributed by atoms with Crippen molar-refractivity contribution in [3.8, 4) is 11.5 Å². The van der Waals surface area contributed by atoms with E-state index in [0.717, 1.165) is 0 Å². The van der Waals surface area contributed by atoms with Gasteiger partial charge in [0, 0.05) is 23.2 Å². The highest BCUT2D eigenvalue weighted by molar-refractivity contribution is 7.96. The van der Waals surface area contributed by atoms with Crippen molar-refractivity contribution in [2.45, 2.75) is 35.7 Å². The van der Waals surface area contributed by atoms with Crippen LogP contribution in [0, 0.1) is 0 Å². The summed E-state index contributed by atoms with van der Waals surface area (Å²) in [5, 5.41) is 31.6. The van der Waals surface area contributed by atoms with Crippen molar-refractivity contribution in [3.63, 3.8) is 0 Å². The molecule has 1 atom stereocenters. The van der Waals surface area contributed by atoms with Crippen molar-refractivity contribution in [1.29, 1.82) is 0 Å². The first-order valence-corrected chi connectivity index (χ1v) is 17.4. The minimum absolute atomic E-state index is 0.0856. The number of phenolic OH excluding ortho intramolecular Hbond substituents is 2. The van der Waals surface area contributed by atoms with Crippen LogP contribution in [0.5, 0.6) is 11.5 Å². The van der Waals surface area contributed by atoms with E-state index in [2.05, 4.69) is 9.37 Å². The van der Waals surface area contributed by atoms with E-state index in [-0.39, 0.29) is 17.6 Å². The van der Waals surface area contributed by atoms with Gasteiger partial charge >= 0.3 is 12.4 Å². The molecule has 0 aliphatic carbocycles. The number of hydrogen-bond acceptors (Lipinski definition) is 11. The molecule has 0 bridgehead atoms.